The lowest BCUT2D eigenvalue weighted by molar-refractivity contribution is 0.0803. The van der Waals surface area contributed by atoms with E-state index in [4.69, 9.17) is 15.2 Å². The number of ether oxygens (including phenoxy) is 2. The van der Waals surface area contributed by atoms with E-state index in [0.29, 0.717) is 19.1 Å². The van der Waals surface area contributed by atoms with Crippen LogP contribution in [-0.2, 0) is 9.47 Å². The number of nitrogens with two attached hydrogens (primary N) is 1. The highest BCUT2D eigenvalue weighted by Crippen LogP contribution is 2.18. The molecule has 2 rings (SSSR count). The summed E-state index contributed by atoms with van der Waals surface area (Å²) in [5.74, 6) is -0.835. The molecule has 1 aliphatic rings. The molecule has 1 aromatic rings. The first kappa shape index (κ1) is 13.4. The van der Waals surface area contributed by atoms with Crippen LogP contribution in [0.1, 0.15) is 18.0 Å². The van der Waals surface area contributed by atoms with E-state index in [-0.39, 0.29) is 12.2 Å². The van der Waals surface area contributed by atoms with Crippen molar-refractivity contribution in [2.45, 2.75) is 12.5 Å². The number of benzene rings is 1. The van der Waals surface area contributed by atoms with Gasteiger partial charge in [-0.25, -0.2) is 8.78 Å². The Kier molecular flexibility index (Phi) is 4.63. The van der Waals surface area contributed by atoms with E-state index in [2.05, 4.69) is 0 Å². The smallest absolute Gasteiger partial charge is 0.130 e. The van der Waals surface area contributed by atoms with Crippen molar-refractivity contribution in [3.63, 3.8) is 0 Å². The van der Waals surface area contributed by atoms with E-state index in [1.165, 1.54) is 12.1 Å². The molecule has 1 heterocycles. The molecule has 2 N–H and O–H groups in total. The molecule has 0 amide bonds. The third-order valence-electron chi connectivity index (χ3n) is 3.04. The third kappa shape index (κ3) is 3.48. The molecular formula is C13H17F2NO2. The van der Waals surface area contributed by atoms with Gasteiger partial charge in [0.15, 0.2) is 0 Å². The van der Waals surface area contributed by atoms with E-state index in [0.717, 1.165) is 19.1 Å². The molecular weight excluding hydrogens is 240 g/mol. The quantitative estimate of drug-likeness (QED) is 0.877. The monoisotopic (exact) mass is 257 g/mol. The second kappa shape index (κ2) is 6.22. The van der Waals surface area contributed by atoms with Gasteiger partial charge in [-0.15, -0.1) is 0 Å². The van der Waals surface area contributed by atoms with Gasteiger partial charge in [-0.3, -0.25) is 0 Å². The third-order valence-corrected chi connectivity index (χ3v) is 3.04. The first-order valence-corrected chi connectivity index (χ1v) is 6.03. The van der Waals surface area contributed by atoms with Crippen LogP contribution in [0.3, 0.4) is 0 Å². The fourth-order valence-corrected chi connectivity index (χ4v) is 1.97. The van der Waals surface area contributed by atoms with Crippen LogP contribution in [0.5, 0.6) is 0 Å². The Hall–Kier alpha value is -1.04. The minimum absolute atomic E-state index is 0.221. The molecule has 0 radical (unpaired) electrons. The largest absolute Gasteiger partial charge is 0.381 e. The van der Waals surface area contributed by atoms with Crippen LogP contribution in [0.25, 0.3) is 0 Å². The van der Waals surface area contributed by atoms with E-state index < -0.39 is 17.7 Å². The Morgan fingerprint density at radius 3 is 2.94 bits per heavy atom. The molecule has 18 heavy (non-hydrogen) atoms. The summed E-state index contributed by atoms with van der Waals surface area (Å²) in [4.78, 5) is 0. The van der Waals surface area contributed by atoms with Crippen LogP contribution >= 0.6 is 0 Å². The summed E-state index contributed by atoms with van der Waals surface area (Å²) in [6, 6.07) is 2.81. The molecule has 3 nitrogen and oxygen atoms in total. The van der Waals surface area contributed by atoms with Gasteiger partial charge in [0, 0.05) is 24.2 Å². The summed E-state index contributed by atoms with van der Waals surface area (Å²) in [5, 5.41) is 0. The zero-order valence-electron chi connectivity index (χ0n) is 10.1. The van der Waals surface area contributed by atoms with Crippen LogP contribution in [-0.4, -0.2) is 26.4 Å². The second-order valence-electron chi connectivity index (χ2n) is 4.54. The molecule has 0 spiro atoms. The molecule has 1 saturated heterocycles. The minimum Gasteiger partial charge on any atom is -0.381 e. The van der Waals surface area contributed by atoms with Crippen LogP contribution in [0.2, 0.25) is 0 Å². The van der Waals surface area contributed by atoms with E-state index >= 15 is 0 Å². The maximum atomic E-state index is 13.4. The molecule has 1 aliphatic heterocycles. The number of hydrogen-bond donors (Lipinski definition) is 1. The Morgan fingerprint density at radius 2 is 2.28 bits per heavy atom. The average molecular weight is 257 g/mol. The molecule has 0 saturated carbocycles. The zero-order chi connectivity index (χ0) is 13.0. The lowest BCUT2D eigenvalue weighted by atomic mass is 10.1. The maximum absolute atomic E-state index is 13.4. The van der Waals surface area contributed by atoms with Crippen molar-refractivity contribution in [2.24, 2.45) is 11.7 Å². The SMILES string of the molecule is NC(COCC1CCOC1)c1ccc(F)cc1F. The molecule has 2 atom stereocenters. The standard InChI is InChI=1S/C13H17F2NO2/c14-10-1-2-11(12(15)5-10)13(16)8-18-7-9-3-4-17-6-9/h1-2,5,9,13H,3-4,6-8,16H2. The minimum atomic E-state index is -0.629. The van der Waals surface area contributed by atoms with Gasteiger partial charge in [0.2, 0.25) is 0 Å². The molecule has 100 valence electrons. The summed E-state index contributed by atoms with van der Waals surface area (Å²) >= 11 is 0. The predicted octanol–water partition coefficient (Wildman–Crippen LogP) is 2.02. The molecule has 0 aliphatic carbocycles. The van der Waals surface area contributed by atoms with Crippen molar-refractivity contribution < 1.29 is 18.3 Å². The highest BCUT2D eigenvalue weighted by atomic mass is 19.1. The summed E-state index contributed by atoms with van der Waals surface area (Å²) in [6.45, 7) is 2.27. The number of halogens is 2. The van der Waals surface area contributed by atoms with Crippen molar-refractivity contribution in [3.05, 3.63) is 35.4 Å². The number of hydrogen-bond acceptors (Lipinski definition) is 3. The van der Waals surface area contributed by atoms with Gasteiger partial charge in [-0.1, -0.05) is 6.07 Å². The van der Waals surface area contributed by atoms with Gasteiger partial charge in [0.05, 0.1) is 25.9 Å². The lowest BCUT2D eigenvalue weighted by Crippen LogP contribution is -2.21. The maximum Gasteiger partial charge on any atom is 0.130 e. The number of rotatable bonds is 5. The second-order valence-corrected chi connectivity index (χ2v) is 4.54. The van der Waals surface area contributed by atoms with E-state index in [9.17, 15) is 8.78 Å². The fraction of sp³-hybridized carbons (Fsp3) is 0.538. The van der Waals surface area contributed by atoms with E-state index in [1.807, 2.05) is 0 Å². The van der Waals surface area contributed by atoms with Crippen molar-refractivity contribution in [3.8, 4) is 0 Å². The highest BCUT2D eigenvalue weighted by Gasteiger charge is 2.17. The fourth-order valence-electron chi connectivity index (χ4n) is 1.97. The first-order valence-electron chi connectivity index (χ1n) is 6.03. The Bertz CT molecular complexity index is 395. The Balaban J connectivity index is 1.81. The van der Waals surface area contributed by atoms with Gasteiger partial charge in [-0.05, 0) is 12.5 Å². The van der Waals surface area contributed by atoms with Crippen molar-refractivity contribution in [1.29, 1.82) is 0 Å². The molecule has 1 fully saturated rings. The normalized spacial score (nSPS) is 21.2. The predicted molar refractivity (Wildman–Crippen MR) is 63.0 cm³/mol. The van der Waals surface area contributed by atoms with Gasteiger partial charge in [0.1, 0.15) is 11.6 Å². The van der Waals surface area contributed by atoms with Crippen LogP contribution in [0, 0.1) is 17.6 Å². The van der Waals surface area contributed by atoms with Crippen LogP contribution in [0.15, 0.2) is 18.2 Å². The highest BCUT2D eigenvalue weighted by molar-refractivity contribution is 5.21. The van der Waals surface area contributed by atoms with Gasteiger partial charge in [0.25, 0.3) is 0 Å². The van der Waals surface area contributed by atoms with Crippen molar-refractivity contribution in [2.75, 3.05) is 26.4 Å². The van der Waals surface area contributed by atoms with Gasteiger partial charge < -0.3 is 15.2 Å². The lowest BCUT2D eigenvalue weighted by Gasteiger charge is -2.15. The molecule has 0 bridgehead atoms. The summed E-state index contributed by atoms with van der Waals surface area (Å²) in [7, 11) is 0. The van der Waals surface area contributed by atoms with Gasteiger partial charge in [-0.2, -0.15) is 0 Å². The zero-order valence-corrected chi connectivity index (χ0v) is 10.1. The van der Waals surface area contributed by atoms with Gasteiger partial charge >= 0.3 is 0 Å². The summed E-state index contributed by atoms with van der Waals surface area (Å²) in [6.07, 6.45) is 0.986. The first-order chi connectivity index (χ1) is 8.66. The van der Waals surface area contributed by atoms with Crippen LogP contribution < -0.4 is 5.73 Å². The van der Waals surface area contributed by atoms with Crippen molar-refractivity contribution in [1.82, 2.24) is 0 Å². The van der Waals surface area contributed by atoms with Crippen molar-refractivity contribution >= 4 is 0 Å². The summed E-state index contributed by atoms with van der Waals surface area (Å²) in [5.41, 5.74) is 6.09. The molecule has 0 aromatic heterocycles. The summed E-state index contributed by atoms with van der Waals surface area (Å²) < 4.78 is 36.8. The van der Waals surface area contributed by atoms with Crippen LogP contribution in [0.4, 0.5) is 8.78 Å². The Labute approximate surface area is 105 Å². The average Bonchev–Trinajstić information content (AvgIpc) is 2.81. The van der Waals surface area contributed by atoms with E-state index in [1.54, 1.807) is 0 Å². The topological polar surface area (TPSA) is 44.5 Å². The molecule has 1 aromatic carbocycles. The Morgan fingerprint density at radius 1 is 1.44 bits per heavy atom. The molecule has 5 heteroatoms. The molecule has 2 unspecified atom stereocenters.